The topological polar surface area (TPSA) is 41.6 Å². The highest BCUT2D eigenvalue weighted by molar-refractivity contribution is 5.81. The molecule has 0 spiro atoms. The average molecular weight is 316 g/mol. The quantitative estimate of drug-likeness (QED) is 0.877. The molecule has 1 saturated carbocycles. The fourth-order valence-electron chi connectivity index (χ4n) is 3.36. The third kappa shape index (κ3) is 4.25. The molecule has 0 unspecified atom stereocenters. The van der Waals surface area contributed by atoms with Gasteiger partial charge in [0.2, 0.25) is 5.91 Å². The predicted octanol–water partition coefficient (Wildman–Crippen LogP) is 2.82. The summed E-state index contributed by atoms with van der Waals surface area (Å²) in [6.45, 7) is 7.63. The van der Waals surface area contributed by atoms with Gasteiger partial charge < -0.3 is 15.0 Å². The van der Waals surface area contributed by atoms with Gasteiger partial charge in [0.1, 0.15) is 5.75 Å². The van der Waals surface area contributed by atoms with E-state index in [2.05, 4.69) is 29.3 Å². The van der Waals surface area contributed by atoms with Crippen molar-refractivity contribution in [2.75, 3.05) is 19.7 Å². The molecule has 0 bridgehead atoms. The van der Waals surface area contributed by atoms with Crippen LogP contribution in [-0.2, 0) is 11.3 Å². The van der Waals surface area contributed by atoms with E-state index in [1.54, 1.807) is 0 Å². The Hall–Kier alpha value is -1.55. The van der Waals surface area contributed by atoms with Crippen molar-refractivity contribution in [2.45, 2.75) is 45.7 Å². The fourth-order valence-corrected chi connectivity index (χ4v) is 3.36. The number of nitrogens with one attached hydrogen (secondary N) is 1. The van der Waals surface area contributed by atoms with E-state index in [-0.39, 0.29) is 0 Å². The van der Waals surface area contributed by atoms with E-state index in [4.69, 9.17) is 4.74 Å². The van der Waals surface area contributed by atoms with Crippen molar-refractivity contribution in [2.24, 2.45) is 11.8 Å². The average Bonchev–Trinajstić information content (AvgIpc) is 3.39. The molecule has 23 heavy (non-hydrogen) atoms. The van der Waals surface area contributed by atoms with Crippen LogP contribution in [0.2, 0.25) is 0 Å². The van der Waals surface area contributed by atoms with E-state index in [1.165, 1.54) is 5.56 Å². The number of likely N-dealkylation sites (tertiary alicyclic amines) is 1. The minimum Gasteiger partial charge on any atom is -0.494 e. The van der Waals surface area contributed by atoms with Gasteiger partial charge >= 0.3 is 0 Å². The third-order valence-corrected chi connectivity index (χ3v) is 4.95. The first kappa shape index (κ1) is 16.3. The van der Waals surface area contributed by atoms with Crippen LogP contribution in [0, 0.1) is 11.8 Å². The number of benzene rings is 1. The number of carbonyl (C=O) groups excluding carboxylic acids is 1. The molecule has 1 aliphatic heterocycles. The highest BCUT2D eigenvalue weighted by Crippen LogP contribution is 2.32. The number of rotatable bonds is 6. The lowest BCUT2D eigenvalue weighted by Crippen LogP contribution is -2.50. The van der Waals surface area contributed by atoms with E-state index >= 15 is 0 Å². The van der Waals surface area contributed by atoms with Gasteiger partial charge in [-0.25, -0.2) is 0 Å². The maximum atomic E-state index is 12.2. The summed E-state index contributed by atoms with van der Waals surface area (Å²) < 4.78 is 5.47. The number of carbonyl (C=O) groups is 1. The molecule has 4 heteroatoms. The van der Waals surface area contributed by atoms with Crippen LogP contribution in [-0.4, -0.2) is 36.5 Å². The molecule has 1 saturated heterocycles. The largest absolute Gasteiger partial charge is 0.494 e. The van der Waals surface area contributed by atoms with Gasteiger partial charge in [-0.1, -0.05) is 19.1 Å². The van der Waals surface area contributed by atoms with Crippen molar-refractivity contribution in [3.8, 4) is 5.75 Å². The first-order valence-electron chi connectivity index (χ1n) is 8.91. The lowest BCUT2D eigenvalue weighted by molar-refractivity contribution is -0.134. The van der Waals surface area contributed by atoms with Gasteiger partial charge in [-0.3, -0.25) is 4.79 Å². The van der Waals surface area contributed by atoms with Crippen LogP contribution in [0.15, 0.2) is 24.3 Å². The second-order valence-corrected chi connectivity index (χ2v) is 6.89. The monoisotopic (exact) mass is 316 g/mol. The van der Waals surface area contributed by atoms with Gasteiger partial charge in [0, 0.05) is 31.6 Å². The smallest absolute Gasteiger partial charge is 0.225 e. The van der Waals surface area contributed by atoms with Crippen molar-refractivity contribution in [1.29, 1.82) is 0 Å². The normalized spacial score (nSPS) is 24.5. The van der Waals surface area contributed by atoms with Gasteiger partial charge in [-0.2, -0.15) is 0 Å². The van der Waals surface area contributed by atoms with Gasteiger partial charge in [0.15, 0.2) is 0 Å². The zero-order valence-corrected chi connectivity index (χ0v) is 14.3. The molecule has 1 N–H and O–H groups in total. The molecule has 0 radical (unpaired) electrons. The summed E-state index contributed by atoms with van der Waals surface area (Å²) in [4.78, 5) is 14.3. The van der Waals surface area contributed by atoms with Gasteiger partial charge in [-0.15, -0.1) is 0 Å². The summed E-state index contributed by atoms with van der Waals surface area (Å²) in [5, 5.41) is 3.66. The summed E-state index contributed by atoms with van der Waals surface area (Å²) in [7, 11) is 0. The SMILES string of the molecule is CCOc1ccc(CN[C@@H]2CCN(C(=O)C3CC3)C[C@@H]2C)cc1. The molecular weight excluding hydrogens is 288 g/mol. The molecule has 3 rings (SSSR count). The minimum absolute atomic E-state index is 0.343. The Morgan fingerprint density at radius 2 is 2.00 bits per heavy atom. The Labute approximate surface area is 139 Å². The Morgan fingerprint density at radius 1 is 1.26 bits per heavy atom. The van der Waals surface area contributed by atoms with Crippen LogP contribution in [0.4, 0.5) is 0 Å². The van der Waals surface area contributed by atoms with Crippen LogP contribution in [0.25, 0.3) is 0 Å². The zero-order valence-electron chi connectivity index (χ0n) is 14.3. The van der Waals surface area contributed by atoms with Crippen LogP contribution in [0.3, 0.4) is 0 Å². The summed E-state index contributed by atoms with van der Waals surface area (Å²) in [5.74, 6) is 2.17. The van der Waals surface area contributed by atoms with Gasteiger partial charge in [-0.05, 0) is 49.8 Å². The lowest BCUT2D eigenvalue weighted by Gasteiger charge is -2.37. The molecule has 0 aromatic heterocycles. The second-order valence-electron chi connectivity index (χ2n) is 6.89. The van der Waals surface area contributed by atoms with E-state index < -0.39 is 0 Å². The standard InChI is InChI=1S/C19H28N2O2/c1-3-23-17-8-4-15(5-9-17)12-20-18-10-11-21(13-14(18)2)19(22)16-6-7-16/h4-5,8-9,14,16,18,20H,3,6-7,10-13H2,1-2H3/t14-,18+/m0/s1. The van der Waals surface area contributed by atoms with E-state index in [1.807, 2.05) is 19.1 Å². The predicted molar refractivity (Wildman–Crippen MR) is 91.3 cm³/mol. The molecule has 1 amide bonds. The third-order valence-electron chi connectivity index (χ3n) is 4.95. The van der Waals surface area contributed by atoms with E-state index in [0.717, 1.165) is 44.6 Å². The first-order valence-corrected chi connectivity index (χ1v) is 8.91. The van der Waals surface area contributed by atoms with Crippen molar-refractivity contribution < 1.29 is 9.53 Å². The van der Waals surface area contributed by atoms with Crippen molar-refractivity contribution >= 4 is 5.91 Å². The van der Waals surface area contributed by atoms with Crippen LogP contribution in [0.5, 0.6) is 5.75 Å². The summed E-state index contributed by atoms with van der Waals surface area (Å²) in [5.41, 5.74) is 1.28. The Balaban J connectivity index is 1.46. The van der Waals surface area contributed by atoms with Crippen LogP contribution in [0.1, 0.15) is 38.7 Å². The highest BCUT2D eigenvalue weighted by atomic mass is 16.5. The fraction of sp³-hybridized carbons (Fsp3) is 0.632. The Kier molecular flexibility index (Phi) is 5.21. The van der Waals surface area contributed by atoms with Crippen LogP contribution < -0.4 is 10.1 Å². The minimum atomic E-state index is 0.343. The number of nitrogens with zero attached hydrogens (tertiary/aromatic N) is 1. The molecule has 126 valence electrons. The maximum absolute atomic E-state index is 12.2. The molecule has 1 aliphatic carbocycles. The number of hydrogen-bond donors (Lipinski definition) is 1. The van der Waals surface area contributed by atoms with Crippen LogP contribution >= 0.6 is 0 Å². The van der Waals surface area contributed by atoms with E-state index in [9.17, 15) is 4.79 Å². The highest BCUT2D eigenvalue weighted by Gasteiger charge is 2.36. The lowest BCUT2D eigenvalue weighted by atomic mass is 9.93. The Morgan fingerprint density at radius 3 is 2.61 bits per heavy atom. The summed E-state index contributed by atoms with van der Waals surface area (Å²) in [6, 6.07) is 8.79. The van der Waals surface area contributed by atoms with Crippen molar-refractivity contribution in [3.05, 3.63) is 29.8 Å². The first-order chi connectivity index (χ1) is 11.2. The number of piperidine rings is 1. The van der Waals surface area contributed by atoms with Gasteiger partial charge in [0.25, 0.3) is 0 Å². The maximum Gasteiger partial charge on any atom is 0.225 e. The Bertz CT molecular complexity index is 525. The second kappa shape index (κ2) is 7.35. The van der Waals surface area contributed by atoms with Crippen molar-refractivity contribution in [1.82, 2.24) is 10.2 Å². The number of hydrogen-bond acceptors (Lipinski definition) is 3. The number of ether oxygens (including phenoxy) is 1. The number of amides is 1. The molecule has 1 heterocycles. The molecule has 1 aromatic rings. The molecule has 1 aromatic carbocycles. The molecule has 4 nitrogen and oxygen atoms in total. The molecular formula is C19H28N2O2. The zero-order chi connectivity index (χ0) is 16.2. The molecule has 2 aliphatic rings. The van der Waals surface area contributed by atoms with E-state index in [0.29, 0.717) is 30.4 Å². The van der Waals surface area contributed by atoms with Crippen molar-refractivity contribution in [3.63, 3.8) is 0 Å². The van der Waals surface area contributed by atoms with Gasteiger partial charge in [0.05, 0.1) is 6.61 Å². The summed E-state index contributed by atoms with van der Waals surface area (Å²) >= 11 is 0. The molecule has 2 atom stereocenters. The summed E-state index contributed by atoms with van der Waals surface area (Å²) in [6.07, 6.45) is 3.25. The molecule has 2 fully saturated rings.